The summed E-state index contributed by atoms with van der Waals surface area (Å²) in [5.74, 6) is -0.500. The zero-order valence-corrected chi connectivity index (χ0v) is 17.2. The van der Waals surface area contributed by atoms with E-state index in [2.05, 4.69) is 20.8 Å². The molecule has 2 rings (SSSR count). The van der Waals surface area contributed by atoms with E-state index in [4.69, 9.17) is 9.84 Å². The minimum atomic E-state index is -0.800. The second-order valence-corrected chi connectivity index (χ2v) is 9.22. The second kappa shape index (κ2) is 9.53. The molecule has 0 spiro atoms. The van der Waals surface area contributed by atoms with Gasteiger partial charge < -0.3 is 20.1 Å². The van der Waals surface area contributed by atoms with Gasteiger partial charge in [-0.3, -0.25) is 4.79 Å². The molecule has 2 saturated carbocycles. The van der Waals surface area contributed by atoms with Gasteiger partial charge in [-0.15, -0.1) is 0 Å². The molecule has 0 amide bonds. The Labute approximate surface area is 163 Å². The van der Waals surface area contributed by atoms with E-state index in [1.165, 1.54) is 0 Å². The summed E-state index contributed by atoms with van der Waals surface area (Å²) < 4.78 is 5.83. The number of carboxylic acids is 1. The molecule has 0 heterocycles. The van der Waals surface area contributed by atoms with Gasteiger partial charge in [0.2, 0.25) is 0 Å². The van der Waals surface area contributed by atoms with Gasteiger partial charge in [0.25, 0.3) is 0 Å². The van der Waals surface area contributed by atoms with Crippen molar-refractivity contribution in [3.63, 3.8) is 0 Å². The number of carboxylic acid groups (broad SMARTS) is 1. The molecule has 2 aliphatic rings. The average molecular weight is 383 g/mol. The van der Waals surface area contributed by atoms with Crippen LogP contribution in [0.1, 0.15) is 78.6 Å². The number of carbonyl (C=O) groups is 1. The molecular formula is C22H38O5. The number of unbranched alkanes of at least 4 members (excludes halogenated alkanes) is 1. The Hall–Kier alpha value is -0.910. The molecule has 0 bridgehead atoms. The summed E-state index contributed by atoms with van der Waals surface area (Å²) in [7, 11) is 0. The van der Waals surface area contributed by atoms with Crippen LogP contribution in [0.5, 0.6) is 0 Å². The van der Waals surface area contributed by atoms with Crippen molar-refractivity contribution in [2.24, 2.45) is 17.3 Å². The van der Waals surface area contributed by atoms with E-state index in [1.807, 2.05) is 12.2 Å². The Morgan fingerprint density at radius 1 is 1.33 bits per heavy atom. The van der Waals surface area contributed by atoms with Gasteiger partial charge in [-0.05, 0) is 43.4 Å². The van der Waals surface area contributed by atoms with E-state index in [1.54, 1.807) is 0 Å². The molecule has 5 nitrogen and oxygen atoms in total. The summed E-state index contributed by atoms with van der Waals surface area (Å²) in [6.45, 7) is 6.79. The van der Waals surface area contributed by atoms with Gasteiger partial charge in [0.05, 0.1) is 17.8 Å². The summed E-state index contributed by atoms with van der Waals surface area (Å²) in [6, 6.07) is 0. The molecule has 0 aromatic heterocycles. The van der Waals surface area contributed by atoms with Crippen LogP contribution in [-0.2, 0) is 9.53 Å². The monoisotopic (exact) mass is 382 g/mol. The SMILES string of the molecule is CCCCC(C)(C)C(O)C=C[C@@H]1CC[C@@H]2CC(OCCCC(=O)O)C[C@]21O. The van der Waals surface area contributed by atoms with Crippen molar-refractivity contribution in [1.29, 1.82) is 0 Å². The Balaban J connectivity index is 1.88. The van der Waals surface area contributed by atoms with Crippen molar-refractivity contribution < 1.29 is 24.9 Å². The fraction of sp³-hybridized carbons (Fsp3) is 0.864. The first-order chi connectivity index (χ1) is 12.7. The highest BCUT2D eigenvalue weighted by Gasteiger charge is 2.54. The first-order valence-corrected chi connectivity index (χ1v) is 10.6. The van der Waals surface area contributed by atoms with E-state index in [-0.39, 0.29) is 29.8 Å². The van der Waals surface area contributed by atoms with E-state index in [0.29, 0.717) is 19.4 Å². The van der Waals surface area contributed by atoms with Crippen molar-refractivity contribution in [2.75, 3.05) is 6.61 Å². The zero-order chi connectivity index (χ0) is 20.1. The molecule has 2 fully saturated rings. The van der Waals surface area contributed by atoms with Crippen molar-refractivity contribution in [2.45, 2.75) is 96.4 Å². The topological polar surface area (TPSA) is 87.0 Å². The van der Waals surface area contributed by atoms with Gasteiger partial charge in [-0.25, -0.2) is 0 Å². The van der Waals surface area contributed by atoms with Crippen molar-refractivity contribution in [1.82, 2.24) is 0 Å². The molecule has 156 valence electrons. The second-order valence-electron chi connectivity index (χ2n) is 9.22. The molecule has 27 heavy (non-hydrogen) atoms. The predicted molar refractivity (Wildman–Crippen MR) is 105 cm³/mol. The molecule has 5 heteroatoms. The summed E-state index contributed by atoms with van der Waals surface area (Å²) in [4.78, 5) is 10.6. The number of hydrogen-bond donors (Lipinski definition) is 3. The van der Waals surface area contributed by atoms with Gasteiger partial charge in [-0.1, -0.05) is 45.8 Å². The van der Waals surface area contributed by atoms with Crippen LogP contribution < -0.4 is 0 Å². The van der Waals surface area contributed by atoms with E-state index >= 15 is 0 Å². The van der Waals surface area contributed by atoms with Gasteiger partial charge in [0, 0.05) is 25.4 Å². The van der Waals surface area contributed by atoms with Crippen molar-refractivity contribution in [3.8, 4) is 0 Å². The Bertz CT molecular complexity index is 515. The number of aliphatic hydroxyl groups excluding tert-OH is 1. The van der Waals surface area contributed by atoms with Gasteiger partial charge in [-0.2, -0.15) is 0 Å². The maximum atomic E-state index is 11.3. The number of ether oxygens (including phenoxy) is 1. The van der Waals surface area contributed by atoms with Crippen LogP contribution in [-0.4, -0.2) is 45.7 Å². The fourth-order valence-corrected chi connectivity index (χ4v) is 4.73. The standard InChI is InChI=1S/C22H38O5/c1-4-5-12-21(2,3)19(23)11-10-16-8-9-17-14-18(15-22(16,17)26)27-13-6-7-20(24)25/h10-11,16-19,23,26H,4-9,12-15H2,1-3H3,(H,24,25)/t16-,17+,18?,19?,22+/m0/s1. The average Bonchev–Trinajstić information content (AvgIpc) is 3.07. The molecule has 0 aromatic carbocycles. The van der Waals surface area contributed by atoms with Crippen LogP contribution in [0, 0.1) is 17.3 Å². The third-order valence-corrected chi connectivity index (χ3v) is 6.67. The molecule has 3 N–H and O–H groups in total. The van der Waals surface area contributed by atoms with E-state index in [0.717, 1.165) is 38.5 Å². The molecular weight excluding hydrogens is 344 g/mol. The van der Waals surface area contributed by atoms with Crippen molar-refractivity contribution in [3.05, 3.63) is 12.2 Å². The largest absolute Gasteiger partial charge is 0.481 e. The van der Waals surface area contributed by atoms with Crippen LogP contribution in [0.3, 0.4) is 0 Å². The zero-order valence-electron chi connectivity index (χ0n) is 17.2. The normalized spacial score (nSPS) is 32.1. The molecule has 0 aliphatic heterocycles. The molecule has 2 unspecified atom stereocenters. The Morgan fingerprint density at radius 3 is 2.74 bits per heavy atom. The third kappa shape index (κ3) is 5.78. The van der Waals surface area contributed by atoms with Crippen molar-refractivity contribution >= 4 is 5.97 Å². The van der Waals surface area contributed by atoms with Crippen LogP contribution in [0.2, 0.25) is 0 Å². The lowest BCUT2D eigenvalue weighted by Gasteiger charge is -2.31. The van der Waals surface area contributed by atoms with Gasteiger partial charge >= 0.3 is 5.97 Å². The molecule has 0 aromatic rings. The molecule has 5 atom stereocenters. The fourth-order valence-electron chi connectivity index (χ4n) is 4.73. The van der Waals surface area contributed by atoms with Gasteiger partial charge in [0.15, 0.2) is 0 Å². The predicted octanol–water partition coefficient (Wildman–Crippen LogP) is 3.92. The number of aliphatic carboxylic acids is 1. The first-order valence-electron chi connectivity index (χ1n) is 10.6. The highest BCUT2D eigenvalue weighted by atomic mass is 16.5. The first kappa shape index (κ1) is 22.4. The number of hydrogen-bond acceptors (Lipinski definition) is 4. The summed E-state index contributed by atoms with van der Waals surface area (Å²) in [6.07, 6.45) is 10.7. The Morgan fingerprint density at radius 2 is 2.07 bits per heavy atom. The van der Waals surface area contributed by atoms with E-state index in [9.17, 15) is 15.0 Å². The number of fused-ring (bicyclic) bond motifs is 1. The summed E-state index contributed by atoms with van der Waals surface area (Å²) >= 11 is 0. The highest BCUT2D eigenvalue weighted by molar-refractivity contribution is 5.66. The Kier molecular flexibility index (Phi) is 7.90. The minimum absolute atomic E-state index is 0.0101. The lowest BCUT2D eigenvalue weighted by atomic mass is 9.80. The minimum Gasteiger partial charge on any atom is -0.481 e. The van der Waals surface area contributed by atoms with Crippen LogP contribution >= 0.6 is 0 Å². The quantitative estimate of drug-likeness (QED) is 0.372. The van der Waals surface area contributed by atoms with Crippen LogP contribution in [0.15, 0.2) is 12.2 Å². The smallest absolute Gasteiger partial charge is 0.303 e. The molecule has 0 radical (unpaired) electrons. The van der Waals surface area contributed by atoms with Crippen LogP contribution in [0.25, 0.3) is 0 Å². The number of rotatable bonds is 11. The summed E-state index contributed by atoms with van der Waals surface area (Å²) in [5, 5.41) is 30.5. The summed E-state index contributed by atoms with van der Waals surface area (Å²) in [5.41, 5.74) is -0.903. The lowest BCUT2D eigenvalue weighted by Crippen LogP contribution is -2.36. The maximum Gasteiger partial charge on any atom is 0.303 e. The third-order valence-electron chi connectivity index (χ3n) is 6.67. The highest BCUT2D eigenvalue weighted by Crippen LogP contribution is 2.52. The molecule has 0 saturated heterocycles. The van der Waals surface area contributed by atoms with Gasteiger partial charge in [0.1, 0.15) is 0 Å². The number of aliphatic hydroxyl groups is 2. The molecule has 2 aliphatic carbocycles. The van der Waals surface area contributed by atoms with Crippen LogP contribution in [0.4, 0.5) is 0 Å². The lowest BCUT2D eigenvalue weighted by molar-refractivity contribution is -0.137. The maximum absolute atomic E-state index is 11.3. The van der Waals surface area contributed by atoms with E-state index < -0.39 is 17.7 Å².